The fraction of sp³-hybridized carbons (Fsp3) is 0.111. The van der Waals surface area contributed by atoms with Crippen LogP contribution in [-0.4, -0.2) is 18.1 Å². The minimum absolute atomic E-state index is 0.479. The van der Waals surface area contributed by atoms with E-state index in [4.69, 9.17) is 22.1 Å². The summed E-state index contributed by atoms with van der Waals surface area (Å²) < 4.78 is 5.37. The molecule has 0 radical (unpaired) electrons. The largest absolute Gasteiger partial charge is 0.495 e. The lowest BCUT2D eigenvalue weighted by Crippen LogP contribution is -2.32. The number of benzene rings is 2. The van der Waals surface area contributed by atoms with Crippen LogP contribution in [0.4, 0.5) is 16.2 Å². The molecule has 3 rings (SSSR count). The summed E-state index contributed by atoms with van der Waals surface area (Å²) in [5.74, 6) is 0.497. The summed E-state index contributed by atoms with van der Waals surface area (Å²) >= 11 is 6.11. The molecule has 24 heavy (non-hydrogen) atoms. The van der Waals surface area contributed by atoms with Crippen molar-refractivity contribution in [3.05, 3.63) is 59.2 Å². The van der Waals surface area contributed by atoms with E-state index in [1.54, 1.807) is 18.2 Å². The molecular formula is C18H16ClN3O2. The van der Waals surface area contributed by atoms with Gasteiger partial charge in [0.25, 0.3) is 0 Å². The van der Waals surface area contributed by atoms with Gasteiger partial charge in [0.15, 0.2) is 0 Å². The summed E-state index contributed by atoms with van der Waals surface area (Å²) in [6, 6.07) is 13.8. The Morgan fingerprint density at radius 3 is 2.62 bits per heavy atom. The lowest BCUT2D eigenvalue weighted by Gasteiger charge is -2.24. The first-order chi connectivity index (χ1) is 11.5. The molecule has 2 N–H and O–H groups in total. The molecule has 3 aromatic rings. The Labute approximate surface area is 144 Å². The molecule has 0 saturated carbocycles. The topological polar surface area (TPSA) is 68.5 Å². The Hall–Kier alpha value is -2.79. The van der Waals surface area contributed by atoms with Crippen molar-refractivity contribution in [3.8, 4) is 5.75 Å². The number of amides is 2. The fourth-order valence-corrected chi connectivity index (χ4v) is 2.84. The number of methoxy groups -OCH3 is 1. The van der Waals surface area contributed by atoms with Gasteiger partial charge in [-0.25, -0.2) is 4.79 Å². The minimum atomic E-state index is -0.633. The highest BCUT2D eigenvalue weighted by atomic mass is 35.5. The highest BCUT2D eigenvalue weighted by Gasteiger charge is 2.22. The third-order valence-corrected chi connectivity index (χ3v) is 3.90. The zero-order valence-electron chi connectivity index (χ0n) is 13.3. The van der Waals surface area contributed by atoms with Crippen LogP contribution in [0.25, 0.3) is 10.9 Å². The molecule has 1 heterocycles. The summed E-state index contributed by atoms with van der Waals surface area (Å²) in [4.78, 5) is 18.2. The number of urea groups is 1. The second-order valence-electron chi connectivity index (χ2n) is 5.29. The van der Waals surface area contributed by atoms with E-state index in [2.05, 4.69) is 4.98 Å². The number of hydrogen-bond donors (Lipinski definition) is 1. The number of carbonyl (C=O) groups excluding carboxylic acids is 1. The standard InChI is InChI=1S/C18H16ClN3O2/c1-11-9-15(13-5-3-4-6-14(13)21-11)22(18(20)23)16-10-12(19)7-8-17(16)24-2/h3-10H,1-2H3,(H2,20,23). The molecular weight excluding hydrogens is 326 g/mol. The number of anilines is 2. The summed E-state index contributed by atoms with van der Waals surface area (Å²) in [6.07, 6.45) is 0. The maximum atomic E-state index is 12.3. The van der Waals surface area contributed by atoms with E-state index < -0.39 is 6.03 Å². The molecule has 0 bridgehead atoms. The molecule has 1 aromatic heterocycles. The number of carbonyl (C=O) groups is 1. The van der Waals surface area contributed by atoms with E-state index in [-0.39, 0.29) is 0 Å². The van der Waals surface area contributed by atoms with Gasteiger partial charge >= 0.3 is 6.03 Å². The van der Waals surface area contributed by atoms with Crippen molar-refractivity contribution in [2.24, 2.45) is 5.73 Å². The molecule has 0 atom stereocenters. The summed E-state index contributed by atoms with van der Waals surface area (Å²) in [5.41, 5.74) is 8.35. The Bertz CT molecular complexity index is 927. The van der Waals surface area contributed by atoms with Crippen molar-refractivity contribution >= 4 is 39.9 Å². The van der Waals surface area contributed by atoms with E-state index in [9.17, 15) is 4.79 Å². The maximum Gasteiger partial charge on any atom is 0.324 e. The Morgan fingerprint density at radius 1 is 1.17 bits per heavy atom. The zero-order valence-corrected chi connectivity index (χ0v) is 14.0. The van der Waals surface area contributed by atoms with Crippen LogP contribution >= 0.6 is 11.6 Å². The van der Waals surface area contributed by atoms with Gasteiger partial charge in [0, 0.05) is 16.1 Å². The van der Waals surface area contributed by atoms with Crippen molar-refractivity contribution in [1.82, 2.24) is 4.98 Å². The Morgan fingerprint density at radius 2 is 1.92 bits per heavy atom. The highest BCUT2D eigenvalue weighted by molar-refractivity contribution is 6.31. The number of hydrogen-bond acceptors (Lipinski definition) is 3. The van der Waals surface area contributed by atoms with Crippen molar-refractivity contribution in [3.63, 3.8) is 0 Å². The molecule has 0 aliphatic rings. The minimum Gasteiger partial charge on any atom is -0.495 e. The van der Waals surface area contributed by atoms with E-state index in [1.807, 2.05) is 37.3 Å². The van der Waals surface area contributed by atoms with Gasteiger partial charge in [-0.3, -0.25) is 9.88 Å². The molecule has 5 nitrogen and oxygen atoms in total. The molecule has 0 aliphatic carbocycles. The van der Waals surface area contributed by atoms with Gasteiger partial charge < -0.3 is 10.5 Å². The molecule has 6 heteroatoms. The lowest BCUT2D eigenvalue weighted by atomic mass is 10.1. The number of ether oxygens (including phenoxy) is 1. The molecule has 122 valence electrons. The van der Waals surface area contributed by atoms with E-state index in [0.29, 0.717) is 22.1 Å². The lowest BCUT2D eigenvalue weighted by molar-refractivity contribution is 0.256. The third kappa shape index (κ3) is 2.86. The Kier molecular flexibility index (Phi) is 4.27. The predicted molar refractivity (Wildman–Crippen MR) is 96.2 cm³/mol. The normalized spacial score (nSPS) is 10.6. The summed E-state index contributed by atoms with van der Waals surface area (Å²) in [5, 5.41) is 1.29. The van der Waals surface area contributed by atoms with Crippen LogP contribution in [0.2, 0.25) is 5.02 Å². The molecule has 0 aliphatic heterocycles. The first-order valence-corrected chi connectivity index (χ1v) is 7.68. The molecule has 0 unspecified atom stereocenters. The number of pyridine rings is 1. The maximum absolute atomic E-state index is 12.3. The van der Waals surface area contributed by atoms with Gasteiger partial charge in [-0.15, -0.1) is 0 Å². The molecule has 2 aromatic carbocycles. The first kappa shape index (κ1) is 16.1. The van der Waals surface area contributed by atoms with Crippen molar-refractivity contribution < 1.29 is 9.53 Å². The molecule has 0 spiro atoms. The number of fused-ring (bicyclic) bond motifs is 1. The number of aromatic nitrogens is 1. The average Bonchev–Trinajstić information content (AvgIpc) is 2.55. The van der Waals surface area contributed by atoms with Gasteiger partial charge in [0.1, 0.15) is 5.75 Å². The van der Waals surface area contributed by atoms with Gasteiger partial charge in [0.05, 0.1) is 24.0 Å². The monoisotopic (exact) mass is 341 g/mol. The van der Waals surface area contributed by atoms with Crippen LogP contribution in [-0.2, 0) is 0 Å². The van der Waals surface area contributed by atoms with Crippen LogP contribution in [0.15, 0.2) is 48.5 Å². The van der Waals surface area contributed by atoms with Crippen LogP contribution in [0.5, 0.6) is 5.75 Å². The number of nitrogens with zero attached hydrogens (tertiary/aromatic N) is 2. The number of para-hydroxylation sites is 1. The molecule has 0 fully saturated rings. The van der Waals surface area contributed by atoms with E-state index >= 15 is 0 Å². The zero-order chi connectivity index (χ0) is 17.3. The van der Waals surface area contributed by atoms with E-state index in [1.165, 1.54) is 12.0 Å². The highest BCUT2D eigenvalue weighted by Crippen LogP contribution is 2.38. The Balaban J connectivity index is 2.32. The van der Waals surface area contributed by atoms with Gasteiger partial charge in [-0.2, -0.15) is 0 Å². The SMILES string of the molecule is COc1ccc(Cl)cc1N(C(N)=O)c1cc(C)nc2ccccc12. The van der Waals surface area contributed by atoms with Gasteiger partial charge in [0.2, 0.25) is 0 Å². The number of primary amides is 1. The average molecular weight is 342 g/mol. The summed E-state index contributed by atoms with van der Waals surface area (Å²) in [7, 11) is 1.53. The number of rotatable bonds is 3. The third-order valence-electron chi connectivity index (χ3n) is 3.67. The van der Waals surface area contributed by atoms with Crippen LogP contribution < -0.4 is 15.4 Å². The van der Waals surface area contributed by atoms with Crippen molar-refractivity contribution in [2.75, 3.05) is 12.0 Å². The van der Waals surface area contributed by atoms with E-state index in [0.717, 1.165) is 16.6 Å². The van der Waals surface area contributed by atoms with Gasteiger partial charge in [-0.1, -0.05) is 29.8 Å². The number of halogens is 1. The number of nitrogens with two attached hydrogens (primary N) is 1. The van der Waals surface area contributed by atoms with Gasteiger partial charge in [-0.05, 0) is 37.3 Å². The molecule has 2 amide bonds. The van der Waals surface area contributed by atoms with Crippen LogP contribution in [0.3, 0.4) is 0 Å². The second kappa shape index (κ2) is 6.37. The number of aryl methyl sites for hydroxylation is 1. The fourth-order valence-electron chi connectivity index (χ4n) is 2.68. The van der Waals surface area contributed by atoms with Crippen molar-refractivity contribution in [1.29, 1.82) is 0 Å². The first-order valence-electron chi connectivity index (χ1n) is 7.30. The van der Waals surface area contributed by atoms with Crippen LogP contribution in [0.1, 0.15) is 5.69 Å². The second-order valence-corrected chi connectivity index (χ2v) is 5.73. The molecule has 0 saturated heterocycles. The van der Waals surface area contributed by atoms with Crippen molar-refractivity contribution in [2.45, 2.75) is 6.92 Å². The quantitative estimate of drug-likeness (QED) is 0.766. The van der Waals surface area contributed by atoms with Crippen LogP contribution in [0, 0.1) is 6.92 Å². The summed E-state index contributed by atoms with van der Waals surface area (Å²) in [6.45, 7) is 1.87. The predicted octanol–water partition coefficient (Wildman–Crippen LogP) is 4.42. The smallest absolute Gasteiger partial charge is 0.324 e.